The molecule has 3 heterocycles. The average Bonchev–Trinajstić information content (AvgIpc) is 3.13. The Morgan fingerprint density at radius 3 is 2.36 bits per heavy atom. The maximum absolute atomic E-state index is 6.43. The number of pyridine rings is 1. The molecule has 3 aliphatic rings. The van der Waals surface area contributed by atoms with Crippen LogP contribution in [0.4, 0.5) is 0 Å². The summed E-state index contributed by atoms with van der Waals surface area (Å²) < 4.78 is 0. The van der Waals surface area contributed by atoms with Crippen molar-refractivity contribution in [2.75, 3.05) is 0 Å². The van der Waals surface area contributed by atoms with Crippen molar-refractivity contribution in [1.29, 1.82) is 0 Å². The number of halogens is 1. The first-order valence-corrected chi connectivity index (χ1v) is 9.99. The highest BCUT2D eigenvalue weighted by atomic mass is 35.5. The summed E-state index contributed by atoms with van der Waals surface area (Å²) in [6.45, 7) is 2.06. The number of nitrogens with zero attached hydrogens (tertiary/aromatic N) is 3. The summed E-state index contributed by atoms with van der Waals surface area (Å²) in [6, 6.07) is 8.48. The molecule has 25 heavy (non-hydrogen) atoms. The SMILES string of the molecule is Cc1ccc(-c2ccc(-c3nnc(Cl)c4c3C3CCC4CC3)s2)nc1. The molecule has 5 heteroatoms. The summed E-state index contributed by atoms with van der Waals surface area (Å²) in [5, 5.41) is 9.41. The predicted octanol–water partition coefficient (Wildman–Crippen LogP) is 5.98. The number of hydrogen-bond donors (Lipinski definition) is 0. The summed E-state index contributed by atoms with van der Waals surface area (Å²) in [5.41, 5.74) is 5.87. The molecule has 0 aromatic carbocycles. The van der Waals surface area contributed by atoms with Gasteiger partial charge in [0.25, 0.3) is 0 Å². The van der Waals surface area contributed by atoms with Crippen molar-refractivity contribution in [3.8, 4) is 21.1 Å². The molecule has 2 bridgehead atoms. The van der Waals surface area contributed by atoms with Crippen LogP contribution in [0.15, 0.2) is 30.5 Å². The summed E-state index contributed by atoms with van der Waals surface area (Å²) in [6.07, 6.45) is 6.91. The van der Waals surface area contributed by atoms with E-state index in [1.54, 1.807) is 11.3 Å². The van der Waals surface area contributed by atoms with Crippen LogP contribution in [0, 0.1) is 6.92 Å². The minimum absolute atomic E-state index is 0.569. The normalized spacial score (nSPS) is 21.4. The van der Waals surface area contributed by atoms with Gasteiger partial charge in [-0.1, -0.05) is 17.7 Å². The Hall–Kier alpha value is -1.78. The molecule has 0 amide bonds. The number of aromatic nitrogens is 3. The van der Waals surface area contributed by atoms with Gasteiger partial charge >= 0.3 is 0 Å². The van der Waals surface area contributed by atoms with Gasteiger partial charge in [-0.3, -0.25) is 4.98 Å². The zero-order valence-electron chi connectivity index (χ0n) is 14.0. The molecule has 1 fully saturated rings. The Morgan fingerprint density at radius 2 is 1.64 bits per heavy atom. The van der Waals surface area contributed by atoms with Crippen LogP contribution < -0.4 is 0 Å². The van der Waals surface area contributed by atoms with Crippen molar-refractivity contribution in [1.82, 2.24) is 15.2 Å². The zero-order chi connectivity index (χ0) is 17.0. The number of rotatable bonds is 2. The maximum Gasteiger partial charge on any atom is 0.155 e. The van der Waals surface area contributed by atoms with E-state index < -0.39 is 0 Å². The van der Waals surface area contributed by atoms with Crippen LogP contribution in [0.5, 0.6) is 0 Å². The number of aryl methyl sites for hydroxylation is 1. The lowest BCUT2D eigenvalue weighted by molar-refractivity contribution is 0.357. The molecule has 0 spiro atoms. The average molecular weight is 368 g/mol. The largest absolute Gasteiger partial charge is 0.255 e. The fourth-order valence-corrected chi connectivity index (χ4v) is 5.59. The molecule has 0 aliphatic heterocycles. The highest BCUT2D eigenvalue weighted by Crippen LogP contribution is 2.53. The Balaban J connectivity index is 1.61. The van der Waals surface area contributed by atoms with E-state index >= 15 is 0 Å². The van der Waals surface area contributed by atoms with E-state index in [0.29, 0.717) is 17.0 Å². The van der Waals surface area contributed by atoms with Gasteiger partial charge in [0.05, 0.1) is 15.4 Å². The molecule has 0 atom stereocenters. The molecule has 1 saturated carbocycles. The second kappa shape index (κ2) is 5.89. The smallest absolute Gasteiger partial charge is 0.155 e. The maximum atomic E-state index is 6.43. The van der Waals surface area contributed by atoms with E-state index in [9.17, 15) is 0 Å². The van der Waals surface area contributed by atoms with Crippen LogP contribution in [0.3, 0.4) is 0 Å². The van der Waals surface area contributed by atoms with Crippen molar-refractivity contribution in [3.05, 3.63) is 52.3 Å². The minimum atomic E-state index is 0.569. The van der Waals surface area contributed by atoms with E-state index in [1.807, 2.05) is 6.20 Å². The van der Waals surface area contributed by atoms with Crippen molar-refractivity contribution in [3.63, 3.8) is 0 Å². The van der Waals surface area contributed by atoms with Gasteiger partial charge in [0.15, 0.2) is 5.15 Å². The third-order valence-corrected chi connectivity index (χ3v) is 6.95. The molecule has 126 valence electrons. The van der Waals surface area contributed by atoms with Crippen LogP contribution >= 0.6 is 22.9 Å². The van der Waals surface area contributed by atoms with E-state index in [1.165, 1.54) is 52.1 Å². The van der Waals surface area contributed by atoms with Crippen LogP contribution in [0.2, 0.25) is 5.15 Å². The van der Waals surface area contributed by atoms with Crippen LogP contribution in [-0.2, 0) is 0 Å². The number of hydrogen-bond acceptors (Lipinski definition) is 4. The van der Waals surface area contributed by atoms with Crippen LogP contribution in [0.25, 0.3) is 21.1 Å². The molecule has 3 nitrogen and oxygen atoms in total. The second-order valence-electron chi connectivity index (χ2n) is 7.10. The Kier molecular flexibility index (Phi) is 3.64. The molecule has 3 aromatic heterocycles. The molecule has 3 aliphatic carbocycles. The standard InChI is InChI=1S/C20H18ClN3S/c1-11-2-7-14(22-10-11)15-8-9-16(25-15)19-17-12-3-5-13(6-4-12)18(17)20(21)24-23-19/h2,7-10,12-13H,3-6H2,1H3. The first-order valence-electron chi connectivity index (χ1n) is 8.80. The van der Waals surface area contributed by atoms with Crippen molar-refractivity contribution in [2.24, 2.45) is 0 Å². The van der Waals surface area contributed by atoms with Gasteiger partial charge < -0.3 is 0 Å². The summed E-state index contributed by atoms with van der Waals surface area (Å²) in [5.74, 6) is 1.16. The first-order chi connectivity index (χ1) is 12.2. The lowest BCUT2D eigenvalue weighted by Gasteiger charge is -2.38. The van der Waals surface area contributed by atoms with Crippen molar-refractivity contribution in [2.45, 2.75) is 44.4 Å². The fourth-order valence-electron chi connectivity index (χ4n) is 4.31. The first kappa shape index (κ1) is 15.5. The Bertz CT molecular complexity index is 940. The highest BCUT2D eigenvalue weighted by Gasteiger charge is 2.37. The second-order valence-corrected chi connectivity index (χ2v) is 8.54. The van der Waals surface area contributed by atoms with Gasteiger partial charge in [-0.25, -0.2) is 0 Å². The summed E-state index contributed by atoms with van der Waals surface area (Å²) >= 11 is 8.17. The van der Waals surface area contributed by atoms with E-state index in [4.69, 9.17) is 11.6 Å². The summed E-state index contributed by atoms with van der Waals surface area (Å²) in [7, 11) is 0. The number of fused-ring (bicyclic) bond motifs is 2. The predicted molar refractivity (Wildman–Crippen MR) is 102 cm³/mol. The molecule has 0 N–H and O–H groups in total. The monoisotopic (exact) mass is 367 g/mol. The third-order valence-electron chi connectivity index (χ3n) is 5.55. The lowest BCUT2D eigenvalue weighted by Crippen LogP contribution is -2.24. The van der Waals surface area contributed by atoms with Crippen molar-refractivity contribution >= 4 is 22.9 Å². The molecule has 0 radical (unpaired) electrons. The van der Waals surface area contributed by atoms with E-state index in [-0.39, 0.29) is 0 Å². The highest BCUT2D eigenvalue weighted by molar-refractivity contribution is 7.18. The minimum Gasteiger partial charge on any atom is -0.255 e. The Labute approximate surface area is 156 Å². The van der Waals surface area contributed by atoms with Crippen LogP contribution in [-0.4, -0.2) is 15.2 Å². The summed E-state index contributed by atoms with van der Waals surface area (Å²) in [4.78, 5) is 6.89. The van der Waals surface area contributed by atoms with Gasteiger partial charge in [-0.15, -0.1) is 21.5 Å². The zero-order valence-corrected chi connectivity index (χ0v) is 15.6. The quantitative estimate of drug-likeness (QED) is 0.558. The molecule has 0 saturated heterocycles. The van der Waals surface area contributed by atoms with Gasteiger partial charge in [0.1, 0.15) is 5.69 Å². The van der Waals surface area contributed by atoms with Crippen LogP contribution in [0.1, 0.15) is 54.2 Å². The Morgan fingerprint density at radius 1 is 0.920 bits per heavy atom. The fraction of sp³-hybridized carbons (Fsp3) is 0.350. The topological polar surface area (TPSA) is 38.7 Å². The van der Waals surface area contributed by atoms with Gasteiger partial charge in [0.2, 0.25) is 0 Å². The molecular formula is C20H18ClN3S. The lowest BCUT2D eigenvalue weighted by atomic mass is 9.67. The van der Waals surface area contributed by atoms with Gasteiger partial charge in [0, 0.05) is 11.8 Å². The van der Waals surface area contributed by atoms with Gasteiger partial charge in [-0.2, -0.15) is 0 Å². The third kappa shape index (κ3) is 2.51. The van der Waals surface area contributed by atoms with Crippen molar-refractivity contribution < 1.29 is 0 Å². The molecular weight excluding hydrogens is 350 g/mol. The molecule has 6 rings (SSSR count). The number of thiophene rings is 1. The van der Waals surface area contributed by atoms with Gasteiger partial charge in [-0.05, 0) is 73.8 Å². The molecule has 3 aromatic rings. The van der Waals surface area contributed by atoms with E-state index in [2.05, 4.69) is 46.4 Å². The molecule has 0 unspecified atom stereocenters. The van der Waals surface area contributed by atoms with E-state index in [0.717, 1.165) is 11.4 Å².